The highest BCUT2D eigenvalue weighted by atomic mass is 32.2. The highest BCUT2D eigenvalue weighted by molar-refractivity contribution is 8.25. The van der Waals surface area contributed by atoms with E-state index in [2.05, 4.69) is 67.6 Å². The molecule has 0 unspecified atom stereocenters. The normalized spacial score (nSPS) is 22.9. The van der Waals surface area contributed by atoms with Crippen molar-refractivity contribution in [3.63, 3.8) is 0 Å². The number of fused-ring (bicyclic) bond motifs is 3. The average molecular weight is 377 g/mol. The predicted molar refractivity (Wildman–Crippen MR) is 115 cm³/mol. The highest BCUT2D eigenvalue weighted by Gasteiger charge is 2.42. The molecule has 0 spiro atoms. The monoisotopic (exact) mass is 376 g/mol. The second-order valence-corrected chi connectivity index (χ2v) is 9.45. The largest absolute Gasteiger partial charge is 0.109 e. The Hall–Kier alpha value is -1.55. The van der Waals surface area contributed by atoms with Crippen molar-refractivity contribution in [2.75, 3.05) is 0 Å². The molecule has 1 heterocycles. The van der Waals surface area contributed by atoms with Gasteiger partial charge in [-0.05, 0) is 40.0 Å². The van der Waals surface area contributed by atoms with Crippen LogP contribution in [0.5, 0.6) is 0 Å². The maximum absolute atomic E-state index is 5.77. The van der Waals surface area contributed by atoms with Crippen molar-refractivity contribution in [1.82, 2.24) is 0 Å². The Bertz CT molecular complexity index is 985. The van der Waals surface area contributed by atoms with Gasteiger partial charge < -0.3 is 0 Å². The minimum Gasteiger partial charge on any atom is -0.109 e. The minimum atomic E-state index is 0.509. The Morgan fingerprint density at radius 3 is 2.00 bits per heavy atom. The summed E-state index contributed by atoms with van der Waals surface area (Å²) in [5.41, 5.74) is 5.37. The van der Waals surface area contributed by atoms with E-state index >= 15 is 0 Å². The molecule has 2 aliphatic rings. The van der Waals surface area contributed by atoms with E-state index < -0.39 is 0 Å². The topological polar surface area (TPSA) is 0 Å². The molecule has 5 rings (SSSR count). The van der Waals surface area contributed by atoms with Crippen LogP contribution in [0.1, 0.15) is 34.1 Å². The van der Waals surface area contributed by atoms with Crippen molar-refractivity contribution >= 4 is 51.4 Å². The molecule has 1 fully saturated rings. The molecule has 3 aromatic carbocycles. The first-order valence-corrected chi connectivity index (χ1v) is 10.6. The molecular formula is C22H16S3. The molecule has 0 aromatic heterocycles. The zero-order valence-corrected chi connectivity index (χ0v) is 16.2. The average Bonchev–Trinajstić information content (AvgIpc) is 3.22. The molecule has 3 heteroatoms. The number of thiocarbonyl (C=S) groups is 1. The molecule has 0 bridgehead atoms. The summed E-state index contributed by atoms with van der Waals surface area (Å²) in [5, 5.41) is 3.86. The molecule has 0 nitrogen and oxygen atoms in total. The summed E-state index contributed by atoms with van der Waals surface area (Å²) in [6.07, 6.45) is 0. The standard InChI is InChI=1S/C22H16S3/c1-13(19(23)15-7-3-2-4-8-15)22-24-20-16-11-5-9-14-10-6-12-17(18(14)16)21(20)25-22/h2-12,20-21H,1H3/t20-,21+. The lowest BCUT2D eigenvalue weighted by molar-refractivity contribution is 0.979. The number of allylic oxidation sites excluding steroid dienone is 1. The summed E-state index contributed by atoms with van der Waals surface area (Å²) in [4.78, 5) is 0.974. The fraction of sp³-hybridized carbons (Fsp3) is 0.136. The molecular weight excluding hydrogens is 360 g/mol. The first-order chi connectivity index (χ1) is 12.2. The van der Waals surface area contributed by atoms with Gasteiger partial charge in [-0.3, -0.25) is 0 Å². The maximum Gasteiger partial charge on any atom is 0.0519 e. The number of hydrogen-bond donors (Lipinski definition) is 0. The third-order valence-corrected chi connectivity index (χ3v) is 8.90. The summed E-state index contributed by atoms with van der Waals surface area (Å²) >= 11 is 9.76. The molecule has 1 saturated heterocycles. The van der Waals surface area contributed by atoms with Crippen molar-refractivity contribution in [3.05, 3.63) is 93.2 Å². The lowest BCUT2D eigenvalue weighted by Crippen LogP contribution is -1.99. The minimum absolute atomic E-state index is 0.509. The van der Waals surface area contributed by atoms with Gasteiger partial charge >= 0.3 is 0 Å². The lowest BCUT2D eigenvalue weighted by Gasteiger charge is -2.10. The van der Waals surface area contributed by atoms with Crippen molar-refractivity contribution < 1.29 is 0 Å². The van der Waals surface area contributed by atoms with Crippen LogP contribution in [0, 0.1) is 0 Å². The number of rotatable bonds is 2. The Morgan fingerprint density at radius 2 is 1.40 bits per heavy atom. The van der Waals surface area contributed by atoms with E-state index in [1.165, 1.54) is 31.7 Å². The van der Waals surface area contributed by atoms with Crippen LogP contribution in [0.3, 0.4) is 0 Å². The quantitative estimate of drug-likeness (QED) is 0.267. The first kappa shape index (κ1) is 15.7. The van der Waals surface area contributed by atoms with E-state index in [0.717, 1.165) is 10.4 Å². The summed E-state index contributed by atoms with van der Waals surface area (Å²) in [6, 6.07) is 23.8. The van der Waals surface area contributed by atoms with Gasteiger partial charge in [0.05, 0.1) is 10.5 Å². The van der Waals surface area contributed by atoms with Crippen LogP contribution in [0.4, 0.5) is 0 Å². The number of thioether (sulfide) groups is 2. The van der Waals surface area contributed by atoms with Crippen LogP contribution < -0.4 is 0 Å². The fourth-order valence-corrected chi connectivity index (χ4v) is 7.54. The number of hydrogen-bond acceptors (Lipinski definition) is 3. The molecule has 0 N–H and O–H groups in total. The highest BCUT2D eigenvalue weighted by Crippen LogP contribution is 2.68. The second kappa shape index (κ2) is 6.01. The molecule has 0 amide bonds. The Labute approximate surface area is 161 Å². The summed E-state index contributed by atoms with van der Waals surface area (Å²) in [6.45, 7) is 2.18. The SMILES string of the molecule is CC(C(=S)c1ccccc1)=C1S[C@@H]2c3cccc4cccc(c34)[C@@H]2S1. The van der Waals surface area contributed by atoms with Crippen LogP contribution in [0.25, 0.3) is 10.8 Å². The predicted octanol–water partition coefficient (Wildman–Crippen LogP) is 7.07. The zero-order valence-electron chi connectivity index (χ0n) is 13.7. The Morgan fingerprint density at radius 1 is 0.800 bits per heavy atom. The van der Waals surface area contributed by atoms with Gasteiger partial charge in [0.2, 0.25) is 0 Å². The molecule has 1 aliphatic carbocycles. The fourth-order valence-electron chi connectivity index (χ4n) is 3.78. The molecule has 0 radical (unpaired) electrons. The first-order valence-electron chi connectivity index (χ1n) is 8.39. The van der Waals surface area contributed by atoms with E-state index in [-0.39, 0.29) is 0 Å². The van der Waals surface area contributed by atoms with Gasteiger partial charge in [0.25, 0.3) is 0 Å². The van der Waals surface area contributed by atoms with Gasteiger partial charge in [-0.25, -0.2) is 0 Å². The van der Waals surface area contributed by atoms with E-state index in [9.17, 15) is 0 Å². The van der Waals surface area contributed by atoms with Gasteiger partial charge in [0.1, 0.15) is 0 Å². The lowest BCUT2D eigenvalue weighted by atomic mass is 10.1. The summed E-state index contributed by atoms with van der Waals surface area (Å²) < 4.78 is 1.38. The van der Waals surface area contributed by atoms with Gasteiger partial charge in [0.15, 0.2) is 0 Å². The molecule has 1 aliphatic heterocycles. The van der Waals surface area contributed by atoms with Crippen LogP contribution in [0.15, 0.2) is 76.5 Å². The van der Waals surface area contributed by atoms with Crippen LogP contribution in [0.2, 0.25) is 0 Å². The van der Waals surface area contributed by atoms with Crippen molar-refractivity contribution in [2.24, 2.45) is 0 Å². The van der Waals surface area contributed by atoms with E-state index in [4.69, 9.17) is 12.2 Å². The second-order valence-electron chi connectivity index (χ2n) is 6.48. The zero-order chi connectivity index (χ0) is 17.0. The Balaban J connectivity index is 1.55. The third-order valence-electron chi connectivity index (χ3n) is 5.01. The molecule has 25 heavy (non-hydrogen) atoms. The smallest absolute Gasteiger partial charge is 0.0519 e. The van der Waals surface area contributed by atoms with Crippen LogP contribution in [-0.2, 0) is 0 Å². The van der Waals surface area contributed by atoms with E-state index in [1.54, 1.807) is 0 Å². The number of benzene rings is 3. The van der Waals surface area contributed by atoms with Gasteiger partial charge in [0, 0.05) is 9.10 Å². The molecule has 3 aromatic rings. The van der Waals surface area contributed by atoms with Crippen molar-refractivity contribution in [3.8, 4) is 0 Å². The van der Waals surface area contributed by atoms with Crippen LogP contribution >= 0.6 is 35.7 Å². The Kier molecular flexibility index (Phi) is 3.77. The van der Waals surface area contributed by atoms with E-state index in [0.29, 0.717) is 10.5 Å². The van der Waals surface area contributed by atoms with Gasteiger partial charge in [-0.1, -0.05) is 78.9 Å². The van der Waals surface area contributed by atoms with Gasteiger partial charge in [-0.2, -0.15) is 0 Å². The molecule has 0 saturated carbocycles. The molecule has 2 atom stereocenters. The van der Waals surface area contributed by atoms with E-state index in [1.807, 2.05) is 29.6 Å². The third kappa shape index (κ3) is 2.41. The molecule has 122 valence electrons. The van der Waals surface area contributed by atoms with Gasteiger partial charge in [-0.15, -0.1) is 23.5 Å². The van der Waals surface area contributed by atoms with Crippen LogP contribution in [-0.4, -0.2) is 4.86 Å². The summed E-state index contributed by atoms with van der Waals surface area (Å²) in [5.74, 6) is 0. The van der Waals surface area contributed by atoms with Crippen molar-refractivity contribution in [1.29, 1.82) is 0 Å². The summed E-state index contributed by atoms with van der Waals surface area (Å²) in [7, 11) is 0. The maximum atomic E-state index is 5.77. The van der Waals surface area contributed by atoms with Crippen molar-refractivity contribution in [2.45, 2.75) is 17.4 Å².